The summed E-state index contributed by atoms with van der Waals surface area (Å²) in [5, 5.41) is 18.6. The highest BCUT2D eigenvalue weighted by molar-refractivity contribution is 7.60. The Morgan fingerprint density at radius 3 is 1.37 bits per heavy atom. The number of pyridine rings is 2. The first-order chi connectivity index (χ1) is 18.0. The van der Waals surface area contributed by atoms with Crippen LogP contribution < -0.4 is 10.9 Å². The van der Waals surface area contributed by atoms with Gasteiger partial charge in [-0.05, 0) is 24.3 Å². The van der Waals surface area contributed by atoms with E-state index in [9.17, 15) is 38.9 Å². The van der Waals surface area contributed by atoms with Gasteiger partial charge in [0.25, 0.3) is 0 Å². The first-order valence-corrected chi connectivity index (χ1v) is 15.1. The molecule has 2 rings (SSSR count). The van der Waals surface area contributed by atoms with E-state index in [4.69, 9.17) is 9.47 Å². The molecular weight excluding hydrogens is 542 g/mol. The van der Waals surface area contributed by atoms with Gasteiger partial charge in [0.1, 0.15) is 0 Å². The Morgan fingerprint density at radius 1 is 0.632 bits per heavy atom. The summed E-state index contributed by atoms with van der Waals surface area (Å²) in [6.45, 7) is 3.36. The maximum Gasteiger partial charge on any atom is 0.374 e. The molecule has 2 heterocycles. The molecule has 0 aliphatic rings. The van der Waals surface area contributed by atoms with Crippen LogP contribution in [-0.2, 0) is 31.7 Å². The molecule has 214 valence electrons. The van der Waals surface area contributed by atoms with Gasteiger partial charge in [-0.3, -0.25) is 18.9 Å². The number of aromatic nitrogens is 2. The average molecular weight is 578 g/mol. The quantitative estimate of drug-likeness (QED) is 0.0821. The molecule has 38 heavy (non-hydrogen) atoms. The number of hydrogen-bond acceptors (Lipinski definition) is 10. The first kappa shape index (κ1) is 32.6. The van der Waals surface area contributed by atoms with Crippen molar-refractivity contribution >= 4 is 26.1 Å². The van der Waals surface area contributed by atoms with Crippen LogP contribution in [0.25, 0.3) is 0 Å². The van der Waals surface area contributed by atoms with Crippen molar-refractivity contribution < 1.29 is 48.4 Å². The summed E-state index contributed by atoms with van der Waals surface area (Å²) < 4.78 is 34.0. The van der Waals surface area contributed by atoms with Crippen molar-refractivity contribution in [2.45, 2.75) is 13.1 Å². The van der Waals surface area contributed by atoms with E-state index in [-0.39, 0.29) is 24.1 Å². The molecule has 0 fully saturated rings. The lowest BCUT2D eigenvalue weighted by molar-refractivity contribution is 0.0268. The summed E-state index contributed by atoms with van der Waals surface area (Å²) in [6, 6.07) is 8.91. The van der Waals surface area contributed by atoms with Crippen LogP contribution in [0.4, 0.5) is 0 Å². The zero-order valence-electron chi connectivity index (χ0n) is 20.9. The number of ether oxygens (including phenoxy) is 2. The molecule has 0 saturated heterocycles. The van der Waals surface area contributed by atoms with E-state index >= 15 is 0 Å². The molecule has 0 saturated carbocycles. The summed E-state index contributed by atoms with van der Waals surface area (Å²) >= 11 is 0. The second-order valence-electron chi connectivity index (χ2n) is 8.29. The fraction of sp³-hybridized carbons (Fsp3) is 0.545. The van der Waals surface area contributed by atoms with E-state index < -0.39 is 15.2 Å². The highest BCUT2D eigenvalue weighted by Gasteiger charge is 2.20. The number of nitrogens with zero attached hydrogens (tertiary/aromatic N) is 4. The summed E-state index contributed by atoms with van der Waals surface area (Å²) in [4.78, 5) is 48.9. The van der Waals surface area contributed by atoms with Gasteiger partial charge in [0, 0.05) is 39.3 Å². The van der Waals surface area contributed by atoms with E-state index in [1.54, 1.807) is 12.1 Å². The van der Waals surface area contributed by atoms with Gasteiger partial charge in [0.05, 0.1) is 51.0 Å². The zero-order chi connectivity index (χ0) is 28.0. The molecule has 0 aromatic carbocycles. The lowest BCUT2D eigenvalue weighted by Crippen LogP contribution is -2.32. The minimum atomic E-state index is -4.44. The largest absolute Gasteiger partial charge is 0.395 e. The second kappa shape index (κ2) is 16.5. The maximum absolute atomic E-state index is 11.4. The van der Waals surface area contributed by atoms with Gasteiger partial charge >= 0.3 is 15.2 Å². The number of hydrogen-bond donors (Lipinski definition) is 6. The Kier molecular flexibility index (Phi) is 14.1. The predicted octanol–water partition coefficient (Wildman–Crippen LogP) is -1.60. The highest BCUT2D eigenvalue weighted by Crippen LogP contribution is 2.32. The van der Waals surface area contributed by atoms with Crippen LogP contribution in [0.2, 0.25) is 0 Å². The molecule has 2 aromatic rings. The number of aliphatic hydroxyl groups excluding tert-OH is 2. The third-order valence-corrected chi connectivity index (χ3v) is 6.95. The molecule has 0 spiro atoms. The smallest absolute Gasteiger partial charge is 0.374 e. The van der Waals surface area contributed by atoms with E-state index in [1.807, 2.05) is 9.80 Å². The molecule has 2 aromatic heterocycles. The molecular formula is C22H36N4O10P2. The SMILES string of the molecule is O=P(O)(O)c1cccc(CN(CCO)CCOCCOCCN(CCO)Cc2cccc(P(=O)(O)O)n2)n1. The number of aliphatic hydroxyl groups is 2. The van der Waals surface area contributed by atoms with Crippen molar-refractivity contribution in [1.29, 1.82) is 0 Å². The van der Waals surface area contributed by atoms with Crippen LogP contribution in [0.5, 0.6) is 0 Å². The first-order valence-electron chi connectivity index (χ1n) is 11.9. The van der Waals surface area contributed by atoms with Crippen LogP contribution in [0.1, 0.15) is 11.4 Å². The molecule has 0 unspecified atom stereocenters. The zero-order valence-corrected chi connectivity index (χ0v) is 22.7. The van der Waals surface area contributed by atoms with Crippen LogP contribution in [0, 0.1) is 0 Å². The van der Waals surface area contributed by atoms with Crippen molar-refractivity contribution in [1.82, 2.24) is 19.8 Å². The standard InChI is InChI=1S/C22H36N4O10P2/c27-11-7-25(17-19-3-1-5-21(23-19)37(29,30)31)9-13-35-15-16-36-14-10-26(8-12-28)18-20-4-2-6-22(24-20)38(32,33)34/h1-6,27-28H,7-18H2,(H2,29,30,31)(H2,32,33,34). The molecule has 0 atom stereocenters. The Balaban J connectivity index is 1.69. The Labute approximate surface area is 221 Å². The molecule has 0 amide bonds. The normalized spacial score (nSPS) is 12.5. The predicted molar refractivity (Wildman–Crippen MR) is 138 cm³/mol. The van der Waals surface area contributed by atoms with E-state index in [1.165, 1.54) is 24.3 Å². The van der Waals surface area contributed by atoms with Crippen molar-refractivity contribution in [2.75, 3.05) is 65.8 Å². The van der Waals surface area contributed by atoms with Gasteiger partial charge in [-0.25, -0.2) is 9.97 Å². The van der Waals surface area contributed by atoms with Gasteiger partial charge in [-0.15, -0.1) is 0 Å². The molecule has 0 bridgehead atoms. The lowest BCUT2D eigenvalue weighted by Gasteiger charge is -2.22. The van der Waals surface area contributed by atoms with Crippen LogP contribution >= 0.6 is 15.2 Å². The summed E-state index contributed by atoms with van der Waals surface area (Å²) in [7, 11) is -8.89. The minimum absolute atomic E-state index is 0.0925. The van der Waals surface area contributed by atoms with Gasteiger partial charge < -0.3 is 39.3 Å². The fourth-order valence-corrected chi connectivity index (χ4v) is 4.50. The lowest BCUT2D eigenvalue weighted by atomic mass is 10.3. The molecule has 14 nitrogen and oxygen atoms in total. The third kappa shape index (κ3) is 12.5. The Hall–Kier alpha value is -1.64. The molecule has 0 aliphatic carbocycles. The van der Waals surface area contributed by atoms with Gasteiger partial charge in [0.15, 0.2) is 10.9 Å². The van der Waals surface area contributed by atoms with Crippen molar-refractivity contribution in [3.8, 4) is 0 Å². The van der Waals surface area contributed by atoms with Crippen molar-refractivity contribution in [2.24, 2.45) is 0 Å². The monoisotopic (exact) mass is 578 g/mol. The van der Waals surface area contributed by atoms with Gasteiger partial charge in [0.2, 0.25) is 0 Å². The number of rotatable bonds is 19. The summed E-state index contributed by atoms with van der Waals surface area (Å²) in [5.74, 6) is 0. The molecule has 16 heteroatoms. The molecule has 6 N–H and O–H groups in total. The highest BCUT2D eigenvalue weighted by atomic mass is 31.2. The van der Waals surface area contributed by atoms with Crippen molar-refractivity contribution in [3.05, 3.63) is 47.8 Å². The van der Waals surface area contributed by atoms with Crippen molar-refractivity contribution in [3.63, 3.8) is 0 Å². The van der Waals surface area contributed by atoms with Crippen LogP contribution in [-0.4, -0.2) is 115 Å². The van der Waals surface area contributed by atoms with Crippen LogP contribution in [0.15, 0.2) is 36.4 Å². The topological polar surface area (TPSA) is 206 Å². The average Bonchev–Trinajstić information content (AvgIpc) is 2.85. The maximum atomic E-state index is 11.4. The van der Waals surface area contributed by atoms with E-state index in [2.05, 4.69) is 9.97 Å². The second-order valence-corrected chi connectivity index (χ2v) is 11.4. The summed E-state index contributed by atoms with van der Waals surface area (Å²) in [5.41, 5.74) is 0.351. The minimum Gasteiger partial charge on any atom is -0.395 e. The Morgan fingerprint density at radius 2 is 1.03 bits per heavy atom. The fourth-order valence-electron chi connectivity index (χ4n) is 3.42. The molecule has 0 radical (unpaired) electrons. The van der Waals surface area contributed by atoms with E-state index in [0.29, 0.717) is 77.1 Å². The van der Waals surface area contributed by atoms with Gasteiger partial charge in [-0.2, -0.15) is 0 Å². The van der Waals surface area contributed by atoms with Gasteiger partial charge in [-0.1, -0.05) is 12.1 Å². The Bertz CT molecular complexity index is 984. The van der Waals surface area contributed by atoms with Crippen LogP contribution in [0.3, 0.4) is 0 Å². The molecule has 0 aliphatic heterocycles. The van der Waals surface area contributed by atoms with E-state index in [0.717, 1.165) is 0 Å². The summed E-state index contributed by atoms with van der Waals surface area (Å²) in [6.07, 6.45) is 0. The third-order valence-electron chi connectivity index (χ3n) is 5.26.